The molecule has 6 nitrogen and oxygen atoms in total. The molecule has 0 aromatic carbocycles. The Labute approximate surface area is 394 Å². The van der Waals surface area contributed by atoms with Gasteiger partial charge in [-0.25, -0.2) is 0 Å². The Morgan fingerprint density at radius 3 is 1.11 bits per heavy atom. The maximum absolute atomic E-state index is 12.8. The van der Waals surface area contributed by atoms with E-state index in [1.807, 2.05) is 6.08 Å². The van der Waals surface area contributed by atoms with Crippen molar-refractivity contribution in [2.45, 2.75) is 239 Å². The van der Waals surface area contributed by atoms with E-state index in [0.29, 0.717) is 19.3 Å². The van der Waals surface area contributed by atoms with Gasteiger partial charge < -0.3 is 14.2 Å². The minimum Gasteiger partial charge on any atom is -0.462 e. The van der Waals surface area contributed by atoms with E-state index >= 15 is 0 Å². The Balaban J connectivity index is 4.51. The molecule has 0 spiro atoms. The molecule has 0 aromatic rings. The van der Waals surface area contributed by atoms with Gasteiger partial charge in [-0.2, -0.15) is 0 Å². The van der Waals surface area contributed by atoms with Crippen molar-refractivity contribution in [3.8, 4) is 0 Å². The van der Waals surface area contributed by atoms with Crippen LogP contribution >= 0.6 is 0 Å². The van der Waals surface area contributed by atoms with E-state index in [1.54, 1.807) is 0 Å². The highest BCUT2D eigenvalue weighted by Crippen LogP contribution is 2.15. The Bertz CT molecular complexity index is 1300. The summed E-state index contributed by atoms with van der Waals surface area (Å²) in [4.78, 5) is 38.0. The largest absolute Gasteiger partial charge is 0.462 e. The highest BCUT2D eigenvalue weighted by molar-refractivity contribution is 5.71. The van der Waals surface area contributed by atoms with Gasteiger partial charge in [-0.1, -0.05) is 227 Å². The molecule has 0 aliphatic heterocycles. The van der Waals surface area contributed by atoms with Gasteiger partial charge in [0.05, 0.1) is 0 Å². The molecule has 0 bridgehead atoms. The molecular formula is C58H96O6. The molecule has 0 saturated carbocycles. The number of ether oxygens (including phenoxy) is 3. The lowest BCUT2D eigenvalue weighted by molar-refractivity contribution is -0.166. The fourth-order valence-corrected chi connectivity index (χ4v) is 6.92. The molecule has 0 N–H and O–H groups in total. The summed E-state index contributed by atoms with van der Waals surface area (Å²) in [6.45, 7) is 6.38. The minimum atomic E-state index is -0.812. The summed E-state index contributed by atoms with van der Waals surface area (Å²) in [5.41, 5.74) is 0. The summed E-state index contributed by atoms with van der Waals surface area (Å²) in [5.74, 6) is -1.01. The number of unbranched alkanes of at least 4 members (excludes halogenated alkanes) is 19. The first kappa shape index (κ1) is 60.3. The van der Waals surface area contributed by atoms with Gasteiger partial charge in [0.1, 0.15) is 13.2 Å². The molecule has 0 aliphatic rings. The fourth-order valence-electron chi connectivity index (χ4n) is 6.92. The van der Waals surface area contributed by atoms with Crippen molar-refractivity contribution in [2.24, 2.45) is 0 Å². The first-order chi connectivity index (χ1) is 31.5. The zero-order valence-corrected chi connectivity index (χ0v) is 41.5. The van der Waals surface area contributed by atoms with Crippen molar-refractivity contribution in [3.63, 3.8) is 0 Å². The average Bonchev–Trinajstić information content (AvgIpc) is 3.29. The Morgan fingerprint density at radius 2 is 0.672 bits per heavy atom. The number of hydrogen-bond acceptors (Lipinski definition) is 6. The zero-order valence-electron chi connectivity index (χ0n) is 41.5. The van der Waals surface area contributed by atoms with Crippen molar-refractivity contribution in [1.82, 2.24) is 0 Å². The minimum absolute atomic E-state index is 0.107. The molecule has 0 radical (unpaired) electrons. The predicted octanol–water partition coefficient (Wildman–Crippen LogP) is 17.4. The van der Waals surface area contributed by atoms with Crippen LogP contribution in [0.1, 0.15) is 233 Å². The van der Waals surface area contributed by atoms with Gasteiger partial charge in [-0.3, -0.25) is 14.4 Å². The van der Waals surface area contributed by atoms with Crippen LogP contribution < -0.4 is 0 Å². The summed E-state index contributed by atoms with van der Waals surface area (Å²) in [7, 11) is 0. The average molecular weight is 889 g/mol. The number of carbonyl (C=O) groups excluding carboxylic acids is 3. The molecule has 0 aromatic heterocycles. The third-order valence-corrected chi connectivity index (χ3v) is 10.8. The zero-order chi connectivity index (χ0) is 46.5. The Kier molecular flexibility index (Phi) is 49.0. The summed E-state index contributed by atoms with van der Waals surface area (Å²) >= 11 is 0. The van der Waals surface area contributed by atoms with E-state index in [-0.39, 0.29) is 37.5 Å². The van der Waals surface area contributed by atoms with E-state index in [4.69, 9.17) is 14.2 Å². The van der Waals surface area contributed by atoms with Crippen LogP contribution in [-0.4, -0.2) is 37.2 Å². The Hall–Kier alpha value is -3.67. The fraction of sp³-hybridized carbons (Fsp3) is 0.672. The van der Waals surface area contributed by atoms with Crippen molar-refractivity contribution in [2.75, 3.05) is 13.2 Å². The third kappa shape index (κ3) is 49.3. The number of esters is 3. The molecule has 0 amide bonds. The maximum Gasteiger partial charge on any atom is 0.306 e. The monoisotopic (exact) mass is 889 g/mol. The number of rotatable bonds is 46. The topological polar surface area (TPSA) is 78.9 Å². The second-order valence-corrected chi connectivity index (χ2v) is 17.1. The maximum atomic E-state index is 12.8. The third-order valence-electron chi connectivity index (χ3n) is 10.8. The molecule has 0 aliphatic carbocycles. The molecule has 6 heteroatoms. The second-order valence-electron chi connectivity index (χ2n) is 17.1. The van der Waals surface area contributed by atoms with E-state index in [2.05, 4.69) is 112 Å². The van der Waals surface area contributed by atoms with Crippen LogP contribution in [0.25, 0.3) is 0 Å². The normalized spacial score (nSPS) is 12.9. The standard InChI is InChI=1S/C58H96O6/c1-4-7-10-13-16-19-22-25-27-28-29-30-31-34-36-39-42-45-48-51-57(60)63-54-55(53-62-56(59)50-47-44-41-38-35-32-24-21-18-15-12-9-6-3)64-58(61)52-49-46-43-40-37-33-26-23-20-17-14-11-8-5-2/h7,10,12,15-16,19,21,24-25,27,29-30,34,36,42,45,55H,4-6,8-9,11,13-14,17-18,20,22-23,26,28,31-33,35,37-41,43-44,46-54H2,1-3H3/b10-7-,15-12-,19-16-,24-21-,27-25-,30-29-,36-34-,45-42-. The summed E-state index contributed by atoms with van der Waals surface area (Å²) < 4.78 is 16.7. The van der Waals surface area contributed by atoms with Crippen LogP contribution in [0.2, 0.25) is 0 Å². The lowest BCUT2D eigenvalue weighted by Crippen LogP contribution is -2.30. The molecule has 64 heavy (non-hydrogen) atoms. The van der Waals surface area contributed by atoms with Crippen LogP contribution in [0.15, 0.2) is 97.2 Å². The highest BCUT2D eigenvalue weighted by Gasteiger charge is 2.19. The predicted molar refractivity (Wildman–Crippen MR) is 274 cm³/mol. The molecule has 0 heterocycles. The van der Waals surface area contributed by atoms with Gasteiger partial charge in [0.15, 0.2) is 6.10 Å². The van der Waals surface area contributed by atoms with Gasteiger partial charge in [0.2, 0.25) is 0 Å². The molecule has 1 unspecified atom stereocenters. The van der Waals surface area contributed by atoms with E-state index in [0.717, 1.165) is 109 Å². The molecule has 364 valence electrons. The first-order valence-electron chi connectivity index (χ1n) is 26.2. The van der Waals surface area contributed by atoms with Gasteiger partial charge in [-0.05, 0) is 83.5 Å². The van der Waals surface area contributed by atoms with Crippen molar-refractivity contribution < 1.29 is 28.6 Å². The van der Waals surface area contributed by atoms with Gasteiger partial charge >= 0.3 is 17.9 Å². The smallest absolute Gasteiger partial charge is 0.306 e. The van der Waals surface area contributed by atoms with Crippen LogP contribution in [0, 0.1) is 0 Å². The highest BCUT2D eigenvalue weighted by atomic mass is 16.6. The SMILES string of the molecule is CC/C=C\C/C=C\C/C=C\C/C=C\C/C=C\C/C=C\CCC(=O)OCC(COC(=O)CCCCCCC/C=C\C/C=C\CCC)OC(=O)CCCCCCCCCCCCCCCC. The molecule has 0 saturated heterocycles. The number of carbonyl (C=O) groups is 3. The van der Waals surface area contributed by atoms with Gasteiger partial charge in [0, 0.05) is 19.3 Å². The Morgan fingerprint density at radius 1 is 0.328 bits per heavy atom. The van der Waals surface area contributed by atoms with Crippen molar-refractivity contribution in [3.05, 3.63) is 97.2 Å². The van der Waals surface area contributed by atoms with Crippen LogP contribution in [0.5, 0.6) is 0 Å². The molecular weight excluding hydrogens is 793 g/mol. The van der Waals surface area contributed by atoms with Crippen molar-refractivity contribution in [1.29, 1.82) is 0 Å². The summed E-state index contributed by atoms with van der Waals surface area (Å²) in [6.07, 6.45) is 68.3. The lowest BCUT2D eigenvalue weighted by atomic mass is 10.0. The van der Waals surface area contributed by atoms with E-state index in [9.17, 15) is 14.4 Å². The van der Waals surface area contributed by atoms with E-state index < -0.39 is 6.10 Å². The van der Waals surface area contributed by atoms with Crippen LogP contribution in [-0.2, 0) is 28.6 Å². The molecule has 0 fully saturated rings. The second kappa shape index (κ2) is 52.0. The van der Waals surface area contributed by atoms with Crippen molar-refractivity contribution >= 4 is 17.9 Å². The van der Waals surface area contributed by atoms with E-state index in [1.165, 1.54) is 77.0 Å². The van der Waals surface area contributed by atoms with Gasteiger partial charge in [0.25, 0.3) is 0 Å². The summed E-state index contributed by atoms with van der Waals surface area (Å²) in [5, 5.41) is 0. The number of allylic oxidation sites excluding steroid dienone is 16. The van der Waals surface area contributed by atoms with Gasteiger partial charge in [-0.15, -0.1) is 0 Å². The summed E-state index contributed by atoms with van der Waals surface area (Å²) in [6, 6.07) is 0. The number of hydrogen-bond donors (Lipinski definition) is 0. The van der Waals surface area contributed by atoms with Crippen LogP contribution in [0.3, 0.4) is 0 Å². The quantitative estimate of drug-likeness (QED) is 0.0262. The molecule has 0 rings (SSSR count). The first-order valence-corrected chi connectivity index (χ1v) is 26.2. The molecule has 1 atom stereocenters. The van der Waals surface area contributed by atoms with Crippen LogP contribution in [0.4, 0.5) is 0 Å². The lowest BCUT2D eigenvalue weighted by Gasteiger charge is -2.18.